The third-order valence-electron chi connectivity index (χ3n) is 2.45. The Balaban J connectivity index is 1.89. The Morgan fingerprint density at radius 2 is 2.56 bits per heavy atom. The van der Waals surface area contributed by atoms with E-state index in [0.29, 0.717) is 17.3 Å². The average molecular weight is 241 g/mol. The number of halogens is 1. The maximum atomic E-state index is 11.6. The highest BCUT2D eigenvalue weighted by Gasteiger charge is 2.19. The zero-order valence-corrected chi connectivity index (χ0v) is 9.54. The maximum absolute atomic E-state index is 11.6. The molecule has 0 spiro atoms. The van der Waals surface area contributed by atoms with Gasteiger partial charge in [-0.2, -0.15) is 0 Å². The fourth-order valence-corrected chi connectivity index (χ4v) is 1.84. The number of aromatic nitrogens is 1. The highest BCUT2D eigenvalue weighted by atomic mass is 35.5. The summed E-state index contributed by atoms with van der Waals surface area (Å²) < 4.78 is 5.38. The lowest BCUT2D eigenvalue weighted by atomic mass is 10.2. The van der Waals surface area contributed by atoms with Gasteiger partial charge in [0.25, 0.3) is 0 Å². The molecule has 1 N–H and O–H groups in total. The van der Waals surface area contributed by atoms with Crippen molar-refractivity contribution < 1.29 is 9.53 Å². The van der Waals surface area contributed by atoms with Crippen LogP contribution >= 0.6 is 11.6 Å². The fourth-order valence-electron chi connectivity index (χ4n) is 1.67. The van der Waals surface area contributed by atoms with E-state index in [-0.39, 0.29) is 12.0 Å². The van der Waals surface area contributed by atoms with Gasteiger partial charge in [-0.3, -0.25) is 4.79 Å². The molecule has 4 nitrogen and oxygen atoms in total. The van der Waals surface area contributed by atoms with Gasteiger partial charge < -0.3 is 10.1 Å². The first-order valence-electron chi connectivity index (χ1n) is 5.27. The quantitative estimate of drug-likeness (QED) is 0.882. The lowest BCUT2D eigenvalue weighted by molar-refractivity contribution is -0.118. The number of anilines is 1. The largest absolute Gasteiger partial charge is 0.378 e. The van der Waals surface area contributed by atoms with Crippen LogP contribution in [0.1, 0.15) is 19.3 Å². The number of carbonyl (C=O) groups is 1. The van der Waals surface area contributed by atoms with E-state index in [2.05, 4.69) is 10.3 Å². The minimum Gasteiger partial charge on any atom is -0.378 e. The Labute approximate surface area is 99.0 Å². The second-order valence-corrected chi connectivity index (χ2v) is 4.13. The minimum absolute atomic E-state index is 0.0440. The Morgan fingerprint density at radius 3 is 3.25 bits per heavy atom. The van der Waals surface area contributed by atoms with Crippen LogP contribution in [0.4, 0.5) is 5.82 Å². The highest BCUT2D eigenvalue weighted by Crippen LogP contribution is 2.19. The third kappa shape index (κ3) is 2.93. The molecule has 1 saturated heterocycles. The molecule has 2 rings (SSSR count). The van der Waals surface area contributed by atoms with E-state index in [0.717, 1.165) is 19.4 Å². The summed E-state index contributed by atoms with van der Waals surface area (Å²) in [7, 11) is 0. The summed E-state index contributed by atoms with van der Waals surface area (Å²) in [6, 6.07) is 3.41. The van der Waals surface area contributed by atoms with E-state index in [9.17, 15) is 4.79 Å². The normalized spacial score (nSPS) is 19.7. The van der Waals surface area contributed by atoms with E-state index >= 15 is 0 Å². The van der Waals surface area contributed by atoms with E-state index in [4.69, 9.17) is 16.3 Å². The van der Waals surface area contributed by atoms with E-state index in [1.54, 1.807) is 18.3 Å². The molecule has 1 aliphatic heterocycles. The van der Waals surface area contributed by atoms with E-state index in [1.165, 1.54) is 0 Å². The smallest absolute Gasteiger partial charge is 0.228 e. The van der Waals surface area contributed by atoms with Gasteiger partial charge in [-0.25, -0.2) is 4.98 Å². The van der Waals surface area contributed by atoms with Crippen molar-refractivity contribution in [3.05, 3.63) is 23.4 Å². The lowest BCUT2D eigenvalue weighted by Gasteiger charge is -2.09. The Hall–Kier alpha value is -1.13. The van der Waals surface area contributed by atoms with Crippen molar-refractivity contribution in [2.45, 2.75) is 25.4 Å². The number of rotatable bonds is 3. The molecule has 1 atom stereocenters. The molecule has 1 amide bonds. The first kappa shape index (κ1) is 11.4. The van der Waals surface area contributed by atoms with Crippen LogP contribution in [0.5, 0.6) is 0 Å². The highest BCUT2D eigenvalue weighted by molar-refractivity contribution is 6.33. The summed E-state index contributed by atoms with van der Waals surface area (Å²) in [5.74, 6) is 0.305. The number of nitrogens with zero attached hydrogens (tertiary/aromatic N) is 1. The first-order chi connectivity index (χ1) is 7.75. The van der Waals surface area contributed by atoms with Gasteiger partial charge in [0, 0.05) is 12.8 Å². The van der Waals surface area contributed by atoms with Gasteiger partial charge in [-0.15, -0.1) is 0 Å². The van der Waals surface area contributed by atoms with Crippen LogP contribution in [0.25, 0.3) is 0 Å². The summed E-state index contributed by atoms with van der Waals surface area (Å²) >= 11 is 5.88. The van der Waals surface area contributed by atoms with Crippen LogP contribution in [0.15, 0.2) is 18.3 Å². The average Bonchev–Trinajstić information content (AvgIpc) is 2.74. The number of carbonyl (C=O) groups excluding carboxylic acids is 1. The molecule has 0 aliphatic carbocycles. The van der Waals surface area contributed by atoms with Crippen molar-refractivity contribution in [1.29, 1.82) is 0 Å². The van der Waals surface area contributed by atoms with Gasteiger partial charge in [-0.05, 0) is 25.0 Å². The van der Waals surface area contributed by atoms with E-state index in [1.807, 2.05) is 0 Å². The Bertz CT molecular complexity index is 378. The van der Waals surface area contributed by atoms with Crippen molar-refractivity contribution in [3.63, 3.8) is 0 Å². The SMILES string of the molecule is O=C(CC1CCCO1)Nc1ncccc1Cl. The molecule has 1 aliphatic rings. The molecule has 16 heavy (non-hydrogen) atoms. The molecule has 0 saturated carbocycles. The molecular formula is C11H13ClN2O2. The molecule has 0 radical (unpaired) electrons. The molecule has 2 heterocycles. The van der Waals surface area contributed by atoms with Gasteiger partial charge in [0.1, 0.15) is 0 Å². The minimum atomic E-state index is -0.104. The zero-order valence-electron chi connectivity index (χ0n) is 8.78. The number of hydrogen-bond donors (Lipinski definition) is 1. The second-order valence-electron chi connectivity index (χ2n) is 3.72. The molecule has 1 aromatic heterocycles. The standard InChI is InChI=1S/C11H13ClN2O2/c12-9-4-1-5-13-11(9)14-10(15)7-8-3-2-6-16-8/h1,4-5,8H,2-3,6-7H2,(H,13,14,15). The predicted octanol–water partition coefficient (Wildman–Crippen LogP) is 2.24. The predicted molar refractivity (Wildman–Crippen MR) is 61.5 cm³/mol. The number of ether oxygens (including phenoxy) is 1. The maximum Gasteiger partial charge on any atom is 0.228 e. The van der Waals surface area contributed by atoms with Crippen LogP contribution in [0, 0.1) is 0 Å². The molecule has 1 unspecified atom stereocenters. The van der Waals surface area contributed by atoms with Gasteiger partial charge in [0.15, 0.2) is 5.82 Å². The molecule has 1 fully saturated rings. The van der Waals surface area contributed by atoms with Crippen molar-refractivity contribution >= 4 is 23.3 Å². The Kier molecular flexibility index (Phi) is 3.74. The Morgan fingerprint density at radius 1 is 1.69 bits per heavy atom. The molecule has 0 aromatic carbocycles. The summed E-state index contributed by atoms with van der Waals surface area (Å²) in [4.78, 5) is 15.6. The third-order valence-corrected chi connectivity index (χ3v) is 2.76. The van der Waals surface area contributed by atoms with E-state index < -0.39 is 0 Å². The number of hydrogen-bond acceptors (Lipinski definition) is 3. The molecule has 5 heteroatoms. The molecule has 0 bridgehead atoms. The van der Waals surface area contributed by atoms with Crippen LogP contribution in [-0.4, -0.2) is 23.6 Å². The molecule has 86 valence electrons. The van der Waals surface area contributed by atoms with Crippen LogP contribution in [0.3, 0.4) is 0 Å². The van der Waals surface area contributed by atoms with Gasteiger partial charge in [0.05, 0.1) is 17.5 Å². The van der Waals surface area contributed by atoms with Gasteiger partial charge in [-0.1, -0.05) is 11.6 Å². The summed E-state index contributed by atoms with van der Waals surface area (Å²) in [5.41, 5.74) is 0. The number of amides is 1. The second kappa shape index (κ2) is 5.27. The van der Waals surface area contributed by atoms with Crippen molar-refractivity contribution in [2.75, 3.05) is 11.9 Å². The number of nitrogens with one attached hydrogen (secondary N) is 1. The van der Waals surface area contributed by atoms with Crippen molar-refractivity contribution in [3.8, 4) is 0 Å². The zero-order chi connectivity index (χ0) is 11.4. The number of pyridine rings is 1. The summed E-state index contributed by atoms with van der Waals surface area (Å²) in [6.45, 7) is 0.752. The topological polar surface area (TPSA) is 51.2 Å². The van der Waals surface area contributed by atoms with Crippen molar-refractivity contribution in [1.82, 2.24) is 4.98 Å². The first-order valence-corrected chi connectivity index (χ1v) is 5.65. The molecular weight excluding hydrogens is 228 g/mol. The van der Waals surface area contributed by atoms with Crippen LogP contribution < -0.4 is 5.32 Å². The van der Waals surface area contributed by atoms with Crippen LogP contribution in [0.2, 0.25) is 5.02 Å². The van der Waals surface area contributed by atoms with Crippen molar-refractivity contribution in [2.24, 2.45) is 0 Å². The van der Waals surface area contributed by atoms with Gasteiger partial charge in [0.2, 0.25) is 5.91 Å². The summed E-state index contributed by atoms with van der Waals surface area (Å²) in [5, 5.41) is 3.12. The monoisotopic (exact) mass is 240 g/mol. The van der Waals surface area contributed by atoms with Gasteiger partial charge >= 0.3 is 0 Å². The van der Waals surface area contributed by atoms with Crippen LogP contribution in [-0.2, 0) is 9.53 Å². The summed E-state index contributed by atoms with van der Waals surface area (Å²) in [6.07, 6.45) is 3.98. The fraction of sp³-hybridized carbons (Fsp3) is 0.455. The molecule has 1 aromatic rings. The lowest BCUT2D eigenvalue weighted by Crippen LogP contribution is -2.19.